The molecule has 0 saturated heterocycles. The molecular formula is C37H48F6O. The Kier molecular flexibility index (Phi) is 10.9. The van der Waals surface area contributed by atoms with Crippen molar-refractivity contribution in [3.63, 3.8) is 0 Å². The Labute approximate surface area is 259 Å². The molecule has 0 spiro atoms. The second-order valence-electron chi connectivity index (χ2n) is 13.9. The van der Waals surface area contributed by atoms with Gasteiger partial charge in [-0.1, -0.05) is 57.6 Å². The zero-order valence-corrected chi connectivity index (χ0v) is 26.0. The van der Waals surface area contributed by atoms with E-state index in [9.17, 15) is 22.0 Å². The van der Waals surface area contributed by atoms with Crippen LogP contribution in [0.3, 0.4) is 0 Å². The molecule has 0 radical (unpaired) electrons. The van der Waals surface area contributed by atoms with E-state index >= 15 is 4.39 Å². The first kappa shape index (κ1) is 33.2. The van der Waals surface area contributed by atoms with Gasteiger partial charge in [-0.05, 0) is 135 Å². The average Bonchev–Trinajstić information content (AvgIpc) is 3.01. The van der Waals surface area contributed by atoms with Crippen molar-refractivity contribution in [2.75, 3.05) is 0 Å². The van der Waals surface area contributed by atoms with E-state index in [-0.39, 0.29) is 30.3 Å². The zero-order valence-electron chi connectivity index (χ0n) is 26.0. The first-order chi connectivity index (χ1) is 21.0. The number of ether oxygens (including phenoxy) is 1. The predicted octanol–water partition coefficient (Wildman–Crippen LogP) is 12.5. The van der Waals surface area contributed by atoms with E-state index in [1.807, 2.05) is 6.07 Å². The van der Waals surface area contributed by atoms with E-state index in [1.165, 1.54) is 64.2 Å². The first-order valence-corrected chi connectivity index (χ1v) is 17.1. The molecule has 3 aliphatic carbocycles. The number of hydrogen-bond donors (Lipinski definition) is 0. The maximum absolute atomic E-state index is 15.4. The van der Waals surface area contributed by atoms with Crippen LogP contribution in [0.25, 0.3) is 0 Å². The zero-order chi connectivity index (χ0) is 31.3. The van der Waals surface area contributed by atoms with Gasteiger partial charge in [0.2, 0.25) is 0 Å². The van der Waals surface area contributed by atoms with Crippen LogP contribution in [0.2, 0.25) is 0 Å². The third-order valence-electron chi connectivity index (χ3n) is 11.1. The Hall–Kier alpha value is -2.18. The number of halogens is 6. The molecule has 0 aromatic heterocycles. The Morgan fingerprint density at radius 1 is 0.682 bits per heavy atom. The van der Waals surface area contributed by atoms with E-state index in [0.29, 0.717) is 24.3 Å². The Morgan fingerprint density at radius 3 is 1.84 bits per heavy atom. The summed E-state index contributed by atoms with van der Waals surface area (Å²) in [4.78, 5) is 0. The molecule has 3 saturated carbocycles. The number of hydrogen-bond acceptors (Lipinski definition) is 1. The lowest BCUT2D eigenvalue weighted by Crippen LogP contribution is -2.37. The molecule has 0 aliphatic heterocycles. The second kappa shape index (κ2) is 14.5. The maximum Gasteiger partial charge on any atom is 0.416 e. The van der Waals surface area contributed by atoms with Crippen LogP contribution in [0.15, 0.2) is 42.5 Å². The van der Waals surface area contributed by atoms with Gasteiger partial charge < -0.3 is 4.74 Å². The summed E-state index contributed by atoms with van der Waals surface area (Å²) in [5.74, 6) is 1.25. The van der Waals surface area contributed by atoms with Gasteiger partial charge in [0.25, 0.3) is 0 Å². The van der Waals surface area contributed by atoms with Crippen LogP contribution in [0.5, 0.6) is 5.75 Å². The summed E-state index contributed by atoms with van der Waals surface area (Å²) in [5.41, 5.74) is 0.748. The van der Waals surface area contributed by atoms with Gasteiger partial charge in [-0.15, -0.1) is 0 Å². The molecule has 7 heteroatoms. The van der Waals surface area contributed by atoms with Crippen molar-refractivity contribution < 1.29 is 31.1 Å². The quantitative estimate of drug-likeness (QED) is 0.189. The van der Waals surface area contributed by atoms with Crippen LogP contribution in [-0.2, 0) is 6.18 Å². The van der Waals surface area contributed by atoms with E-state index in [0.717, 1.165) is 60.4 Å². The monoisotopic (exact) mass is 622 g/mol. The third-order valence-corrected chi connectivity index (χ3v) is 11.1. The third kappa shape index (κ3) is 8.34. The van der Waals surface area contributed by atoms with Crippen molar-refractivity contribution in [2.45, 2.75) is 134 Å². The van der Waals surface area contributed by atoms with Gasteiger partial charge in [0.1, 0.15) is 11.6 Å². The van der Waals surface area contributed by atoms with E-state index < -0.39 is 23.8 Å². The van der Waals surface area contributed by atoms with E-state index in [4.69, 9.17) is 4.74 Å². The molecule has 244 valence electrons. The summed E-state index contributed by atoms with van der Waals surface area (Å²) in [5, 5.41) is 0. The van der Waals surface area contributed by atoms with Crippen LogP contribution < -0.4 is 4.74 Å². The van der Waals surface area contributed by atoms with Crippen LogP contribution in [-0.4, -0.2) is 6.11 Å². The van der Waals surface area contributed by atoms with Gasteiger partial charge in [0.05, 0.1) is 11.5 Å². The van der Waals surface area contributed by atoms with Crippen molar-refractivity contribution in [3.05, 3.63) is 65.0 Å². The Bertz CT molecular complexity index is 1170. The SMILES string of the molecule is CCCCCC1CCC(C2CCC(c3ccc(C4CCC(C(F)(F)Oc5ccc(C(F)(F)F)cc5)CC4)c(F)c3)CC2)CC1. The van der Waals surface area contributed by atoms with Crippen LogP contribution in [0.1, 0.15) is 138 Å². The van der Waals surface area contributed by atoms with Crippen molar-refractivity contribution >= 4 is 0 Å². The number of unbranched alkanes of at least 4 members (excludes halogenated alkanes) is 2. The van der Waals surface area contributed by atoms with E-state index in [2.05, 4.69) is 13.0 Å². The lowest BCUT2D eigenvalue weighted by atomic mass is 9.68. The highest BCUT2D eigenvalue weighted by atomic mass is 19.4. The highest BCUT2D eigenvalue weighted by Crippen LogP contribution is 2.47. The molecule has 0 unspecified atom stereocenters. The van der Waals surface area contributed by atoms with Crippen molar-refractivity contribution in [1.82, 2.24) is 0 Å². The molecule has 3 aliphatic rings. The molecule has 0 heterocycles. The van der Waals surface area contributed by atoms with Crippen LogP contribution in [0.4, 0.5) is 26.3 Å². The summed E-state index contributed by atoms with van der Waals surface area (Å²) < 4.78 is 88.4. The van der Waals surface area contributed by atoms with Gasteiger partial charge in [0.15, 0.2) is 0 Å². The standard InChI is InChI=1S/C37H48F6O/c1-2-3-4-5-25-6-8-26(9-7-25)27-10-12-28(13-11-27)30-16-23-34(35(38)24-30)29-14-17-32(18-15-29)37(42,43)44-33-21-19-31(20-22-33)36(39,40)41/h16,19-29,32H,2-15,17-18H2,1H3. The number of benzene rings is 2. The smallest absolute Gasteiger partial charge is 0.416 e. The topological polar surface area (TPSA) is 9.23 Å². The largest absolute Gasteiger partial charge is 0.432 e. The fourth-order valence-electron chi connectivity index (χ4n) is 8.38. The van der Waals surface area contributed by atoms with Crippen molar-refractivity contribution in [1.29, 1.82) is 0 Å². The summed E-state index contributed by atoms with van der Waals surface area (Å²) in [7, 11) is 0. The minimum absolute atomic E-state index is 0.130. The van der Waals surface area contributed by atoms with Crippen LogP contribution >= 0.6 is 0 Å². The average molecular weight is 623 g/mol. The van der Waals surface area contributed by atoms with Crippen LogP contribution in [0, 0.1) is 29.5 Å². The van der Waals surface area contributed by atoms with Crippen molar-refractivity contribution in [3.8, 4) is 5.75 Å². The Balaban J connectivity index is 1.08. The molecule has 0 atom stereocenters. The second-order valence-corrected chi connectivity index (χ2v) is 13.9. The van der Waals surface area contributed by atoms with E-state index in [1.54, 1.807) is 6.07 Å². The van der Waals surface area contributed by atoms with Gasteiger partial charge in [0, 0.05) is 0 Å². The first-order valence-electron chi connectivity index (χ1n) is 17.1. The lowest BCUT2D eigenvalue weighted by molar-refractivity contribution is -0.222. The maximum atomic E-state index is 15.4. The molecule has 0 bridgehead atoms. The summed E-state index contributed by atoms with van der Waals surface area (Å²) in [6.45, 7) is 2.27. The van der Waals surface area contributed by atoms with Gasteiger partial charge >= 0.3 is 12.3 Å². The molecule has 0 amide bonds. The molecule has 2 aromatic rings. The fourth-order valence-corrected chi connectivity index (χ4v) is 8.38. The molecule has 1 nitrogen and oxygen atoms in total. The highest BCUT2D eigenvalue weighted by Gasteiger charge is 2.44. The summed E-state index contributed by atoms with van der Waals surface area (Å²) in [6, 6.07) is 8.94. The minimum Gasteiger partial charge on any atom is -0.432 e. The minimum atomic E-state index is -4.54. The van der Waals surface area contributed by atoms with Gasteiger partial charge in [-0.25, -0.2) is 4.39 Å². The molecule has 5 rings (SSSR count). The molecule has 0 N–H and O–H groups in total. The highest BCUT2D eigenvalue weighted by molar-refractivity contribution is 5.31. The molecule has 2 aromatic carbocycles. The number of alkyl halides is 5. The molecular weight excluding hydrogens is 574 g/mol. The molecule has 44 heavy (non-hydrogen) atoms. The fraction of sp³-hybridized carbons (Fsp3) is 0.676. The summed E-state index contributed by atoms with van der Waals surface area (Å²) in [6.07, 6.45) is 8.76. The predicted molar refractivity (Wildman–Crippen MR) is 162 cm³/mol. The number of rotatable bonds is 10. The Morgan fingerprint density at radius 2 is 1.27 bits per heavy atom. The molecule has 3 fully saturated rings. The van der Waals surface area contributed by atoms with Gasteiger partial charge in [-0.2, -0.15) is 22.0 Å². The van der Waals surface area contributed by atoms with Crippen molar-refractivity contribution in [2.24, 2.45) is 23.7 Å². The lowest BCUT2D eigenvalue weighted by Gasteiger charge is -2.38. The van der Waals surface area contributed by atoms with Gasteiger partial charge in [-0.3, -0.25) is 0 Å². The summed E-state index contributed by atoms with van der Waals surface area (Å²) >= 11 is 0. The normalized spacial score (nSPS) is 28.5.